The summed E-state index contributed by atoms with van der Waals surface area (Å²) in [5.41, 5.74) is 16.0. The molecule has 174 valence electrons. The van der Waals surface area contributed by atoms with Crippen molar-refractivity contribution in [2.24, 2.45) is 0 Å². The number of allylic oxidation sites excluding steroid dienone is 4. The SMILES string of the molecule is Cc1ccc2c(c1)C(C)(C)C1=C2/C=C\Cc2ccc(Cc3ccc(C)c(C)c3)cc2C(C)(C)C1. The topological polar surface area (TPSA) is 0 Å². The van der Waals surface area contributed by atoms with Crippen molar-refractivity contribution in [2.45, 2.75) is 78.6 Å². The molecule has 0 unspecified atom stereocenters. The van der Waals surface area contributed by atoms with Crippen LogP contribution in [0, 0.1) is 20.8 Å². The normalized spacial score (nSPS) is 18.9. The predicted molar refractivity (Wildman–Crippen MR) is 147 cm³/mol. The Balaban J connectivity index is 1.55. The number of hydrogen-bond donors (Lipinski definition) is 0. The molecule has 0 N–H and O–H groups in total. The van der Waals surface area contributed by atoms with Crippen molar-refractivity contribution in [3.63, 3.8) is 0 Å². The Hall–Kier alpha value is -2.86. The van der Waals surface area contributed by atoms with Crippen LogP contribution in [-0.2, 0) is 23.7 Å². The van der Waals surface area contributed by atoms with E-state index in [9.17, 15) is 0 Å². The van der Waals surface area contributed by atoms with Gasteiger partial charge < -0.3 is 0 Å². The minimum absolute atomic E-state index is 0.0554. The standard InChI is InChI=1S/C34H38/c1-22-11-16-29-28-10-8-9-27-15-14-26(19-25-13-12-23(2)24(3)18-25)20-30(27)33(4,5)21-32(28)34(6,7)31(29)17-22/h8,10-18,20H,9,19,21H2,1-7H3/b10-8-. The first-order valence-electron chi connectivity index (χ1n) is 12.8. The Morgan fingerprint density at radius 1 is 0.735 bits per heavy atom. The minimum atomic E-state index is 0.0554. The fourth-order valence-corrected chi connectivity index (χ4v) is 6.11. The van der Waals surface area contributed by atoms with Crippen LogP contribution in [0.4, 0.5) is 0 Å². The molecule has 0 aliphatic heterocycles. The van der Waals surface area contributed by atoms with Gasteiger partial charge in [0.05, 0.1) is 0 Å². The summed E-state index contributed by atoms with van der Waals surface area (Å²) >= 11 is 0. The van der Waals surface area contributed by atoms with E-state index in [1.807, 2.05) is 0 Å². The van der Waals surface area contributed by atoms with Crippen molar-refractivity contribution in [3.8, 4) is 0 Å². The molecule has 0 amide bonds. The van der Waals surface area contributed by atoms with Gasteiger partial charge in [0, 0.05) is 5.41 Å². The Morgan fingerprint density at radius 3 is 2.24 bits per heavy atom. The average Bonchev–Trinajstić information content (AvgIpc) is 3.00. The van der Waals surface area contributed by atoms with Gasteiger partial charge in [-0.25, -0.2) is 0 Å². The molecule has 0 heteroatoms. The highest BCUT2D eigenvalue weighted by Crippen LogP contribution is 2.52. The molecule has 0 bridgehead atoms. The van der Waals surface area contributed by atoms with Gasteiger partial charge in [-0.05, 0) is 95.5 Å². The molecule has 0 saturated carbocycles. The third-order valence-electron chi connectivity index (χ3n) is 8.34. The lowest BCUT2D eigenvalue weighted by Crippen LogP contribution is -2.26. The van der Waals surface area contributed by atoms with E-state index in [1.165, 1.54) is 55.6 Å². The van der Waals surface area contributed by atoms with Gasteiger partial charge in [0.25, 0.3) is 0 Å². The van der Waals surface area contributed by atoms with Gasteiger partial charge in [0.2, 0.25) is 0 Å². The maximum atomic E-state index is 2.50. The molecule has 0 saturated heterocycles. The Labute approximate surface area is 206 Å². The Bertz CT molecular complexity index is 1340. The van der Waals surface area contributed by atoms with Crippen molar-refractivity contribution < 1.29 is 0 Å². The average molecular weight is 447 g/mol. The highest BCUT2D eigenvalue weighted by Gasteiger charge is 2.40. The molecule has 0 heterocycles. The Morgan fingerprint density at radius 2 is 1.47 bits per heavy atom. The van der Waals surface area contributed by atoms with Crippen LogP contribution in [0.2, 0.25) is 0 Å². The summed E-state index contributed by atoms with van der Waals surface area (Å²) in [5.74, 6) is 0. The summed E-state index contributed by atoms with van der Waals surface area (Å²) in [6.45, 7) is 16.4. The van der Waals surface area contributed by atoms with E-state index in [2.05, 4.69) is 115 Å². The molecule has 0 nitrogen and oxygen atoms in total. The van der Waals surface area contributed by atoms with E-state index in [0.29, 0.717) is 0 Å². The van der Waals surface area contributed by atoms with Crippen molar-refractivity contribution in [3.05, 3.63) is 122 Å². The summed E-state index contributed by atoms with van der Waals surface area (Å²) in [4.78, 5) is 0. The van der Waals surface area contributed by atoms with Crippen molar-refractivity contribution >= 4 is 5.57 Å². The second kappa shape index (κ2) is 8.12. The second-order valence-corrected chi connectivity index (χ2v) is 11.8. The molecule has 5 rings (SSSR count). The van der Waals surface area contributed by atoms with E-state index in [-0.39, 0.29) is 10.8 Å². The molecule has 3 aromatic rings. The molecule has 2 aliphatic rings. The summed E-state index contributed by atoms with van der Waals surface area (Å²) in [6, 6.07) is 21.1. The largest absolute Gasteiger partial charge is 0.0795 e. The highest BCUT2D eigenvalue weighted by atomic mass is 14.4. The van der Waals surface area contributed by atoms with Gasteiger partial charge in [-0.1, -0.05) is 106 Å². The lowest BCUT2D eigenvalue weighted by molar-refractivity contribution is 0.472. The summed E-state index contributed by atoms with van der Waals surface area (Å²) in [5, 5.41) is 0. The predicted octanol–water partition coefficient (Wildman–Crippen LogP) is 8.73. The monoisotopic (exact) mass is 446 g/mol. The number of hydrogen-bond acceptors (Lipinski definition) is 0. The highest BCUT2D eigenvalue weighted by molar-refractivity contribution is 5.86. The molecule has 0 spiro atoms. The minimum Gasteiger partial charge on any atom is -0.0795 e. The lowest BCUT2D eigenvalue weighted by Gasteiger charge is -2.34. The quantitative estimate of drug-likeness (QED) is 0.369. The van der Waals surface area contributed by atoms with Crippen LogP contribution in [0.15, 0.2) is 72.3 Å². The zero-order chi connectivity index (χ0) is 24.3. The second-order valence-electron chi connectivity index (χ2n) is 11.8. The zero-order valence-corrected chi connectivity index (χ0v) is 22.0. The third-order valence-corrected chi connectivity index (χ3v) is 8.34. The lowest BCUT2D eigenvalue weighted by atomic mass is 9.70. The first kappa shape index (κ1) is 22.9. The number of fused-ring (bicyclic) bond motifs is 3. The maximum Gasteiger partial charge on any atom is 0.0121 e. The third kappa shape index (κ3) is 3.88. The van der Waals surface area contributed by atoms with Crippen molar-refractivity contribution in [1.29, 1.82) is 0 Å². The molecule has 0 aromatic heterocycles. The van der Waals surface area contributed by atoms with Crippen LogP contribution in [0.3, 0.4) is 0 Å². The number of aryl methyl sites for hydroxylation is 3. The van der Waals surface area contributed by atoms with Gasteiger partial charge >= 0.3 is 0 Å². The van der Waals surface area contributed by atoms with Crippen LogP contribution >= 0.6 is 0 Å². The van der Waals surface area contributed by atoms with Gasteiger partial charge in [-0.15, -0.1) is 0 Å². The van der Waals surface area contributed by atoms with E-state index in [4.69, 9.17) is 0 Å². The number of benzene rings is 3. The van der Waals surface area contributed by atoms with Crippen LogP contribution in [0.5, 0.6) is 0 Å². The van der Waals surface area contributed by atoms with E-state index in [1.54, 1.807) is 5.57 Å². The molecule has 0 fully saturated rings. The molecule has 34 heavy (non-hydrogen) atoms. The molecule has 2 aliphatic carbocycles. The van der Waals surface area contributed by atoms with E-state index >= 15 is 0 Å². The first-order chi connectivity index (χ1) is 16.1. The summed E-state index contributed by atoms with van der Waals surface area (Å²) in [6.07, 6.45) is 7.86. The molecule has 0 radical (unpaired) electrons. The van der Waals surface area contributed by atoms with Gasteiger partial charge in [0.15, 0.2) is 0 Å². The summed E-state index contributed by atoms with van der Waals surface area (Å²) in [7, 11) is 0. The van der Waals surface area contributed by atoms with Crippen molar-refractivity contribution in [2.75, 3.05) is 0 Å². The fourth-order valence-electron chi connectivity index (χ4n) is 6.11. The fraction of sp³-hybridized carbons (Fsp3) is 0.353. The Kier molecular flexibility index (Phi) is 5.47. The number of rotatable bonds is 2. The van der Waals surface area contributed by atoms with Gasteiger partial charge in [-0.2, -0.15) is 0 Å². The van der Waals surface area contributed by atoms with Crippen molar-refractivity contribution in [1.82, 2.24) is 0 Å². The molecular weight excluding hydrogens is 408 g/mol. The first-order valence-corrected chi connectivity index (χ1v) is 12.8. The smallest absolute Gasteiger partial charge is 0.0121 e. The van der Waals surface area contributed by atoms with E-state index < -0.39 is 0 Å². The molecule has 0 atom stereocenters. The van der Waals surface area contributed by atoms with Crippen LogP contribution < -0.4 is 0 Å². The van der Waals surface area contributed by atoms with E-state index in [0.717, 1.165) is 19.3 Å². The molecule has 3 aromatic carbocycles. The van der Waals surface area contributed by atoms with Gasteiger partial charge in [0.1, 0.15) is 0 Å². The summed E-state index contributed by atoms with van der Waals surface area (Å²) < 4.78 is 0. The van der Waals surface area contributed by atoms with Gasteiger partial charge in [-0.3, -0.25) is 0 Å². The van der Waals surface area contributed by atoms with Crippen LogP contribution in [0.1, 0.15) is 84.2 Å². The molecular formula is C34H38. The maximum absolute atomic E-state index is 2.50. The van der Waals surface area contributed by atoms with Crippen LogP contribution in [-0.4, -0.2) is 0 Å². The zero-order valence-electron chi connectivity index (χ0n) is 22.0. The van der Waals surface area contributed by atoms with Crippen LogP contribution in [0.25, 0.3) is 5.57 Å².